The number of nitrogens with two attached hydrogens (primary N) is 1. The van der Waals surface area contributed by atoms with Gasteiger partial charge in [0.15, 0.2) is 0 Å². The third-order valence-electron chi connectivity index (χ3n) is 6.26. The average Bonchev–Trinajstić information content (AvgIpc) is 2.41. The summed E-state index contributed by atoms with van der Waals surface area (Å²) in [6.07, 6.45) is 5.51. The Bertz CT molecular complexity index is 336. The van der Waals surface area contributed by atoms with Gasteiger partial charge in [0.1, 0.15) is 0 Å². The van der Waals surface area contributed by atoms with Gasteiger partial charge >= 0.3 is 0 Å². The minimum absolute atomic E-state index is 0.0430. The fourth-order valence-electron chi connectivity index (χ4n) is 4.58. The lowest BCUT2D eigenvalue weighted by molar-refractivity contribution is -0.232. The van der Waals surface area contributed by atoms with Crippen molar-refractivity contribution in [3.8, 4) is 0 Å². The Morgan fingerprint density at radius 3 is 2.58 bits per heavy atom. The molecule has 1 aliphatic carbocycles. The first-order chi connectivity index (χ1) is 8.95. The van der Waals surface area contributed by atoms with Crippen molar-refractivity contribution in [2.45, 2.75) is 58.1 Å². The van der Waals surface area contributed by atoms with Gasteiger partial charge in [-0.15, -0.1) is 0 Å². The molecule has 0 aromatic rings. The molecule has 0 amide bonds. The van der Waals surface area contributed by atoms with Crippen molar-refractivity contribution < 1.29 is 4.74 Å². The first-order valence-electron chi connectivity index (χ1n) is 8.08. The highest BCUT2D eigenvalue weighted by atomic mass is 16.5. The molecule has 3 unspecified atom stereocenters. The topological polar surface area (TPSA) is 38.5 Å². The second-order valence-electron chi connectivity index (χ2n) is 7.76. The highest BCUT2D eigenvalue weighted by molar-refractivity contribution is 5.20. The van der Waals surface area contributed by atoms with E-state index < -0.39 is 0 Å². The Kier molecular flexibility index (Phi) is 3.43. The smallest absolute Gasteiger partial charge is 0.0690 e. The molecule has 2 heterocycles. The van der Waals surface area contributed by atoms with E-state index in [1.165, 1.54) is 38.8 Å². The van der Waals surface area contributed by atoms with Gasteiger partial charge in [0, 0.05) is 30.0 Å². The van der Waals surface area contributed by atoms with E-state index in [2.05, 4.69) is 25.7 Å². The van der Waals surface area contributed by atoms with Gasteiger partial charge in [-0.3, -0.25) is 0 Å². The summed E-state index contributed by atoms with van der Waals surface area (Å²) >= 11 is 0. The van der Waals surface area contributed by atoms with Crippen LogP contribution in [0.5, 0.6) is 0 Å². The standard InChI is InChI=1S/C16H30N2O/c1-12-6-8-18(9-7-12)11-16(17)13-5-4-10-19-14(13)15(16,2)3/h12-14H,4-11,17H2,1-3H3. The van der Waals surface area contributed by atoms with Crippen molar-refractivity contribution in [1.82, 2.24) is 4.90 Å². The predicted octanol–water partition coefficient (Wildman–Crippen LogP) is 2.25. The largest absolute Gasteiger partial charge is 0.377 e. The maximum Gasteiger partial charge on any atom is 0.0690 e. The molecule has 2 saturated heterocycles. The van der Waals surface area contributed by atoms with Crippen molar-refractivity contribution in [2.24, 2.45) is 23.0 Å². The van der Waals surface area contributed by atoms with E-state index >= 15 is 0 Å². The van der Waals surface area contributed by atoms with Crippen LogP contribution in [0.4, 0.5) is 0 Å². The molecule has 3 atom stereocenters. The molecule has 3 nitrogen and oxygen atoms in total. The van der Waals surface area contributed by atoms with Gasteiger partial charge in [-0.1, -0.05) is 20.8 Å². The Hall–Kier alpha value is -0.120. The van der Waals surface area contributed by atoms with Crippen LogP contribution in [-0.4, -0.2) is 42.8 Å². The fourth-order valence-corrected chi connectivity index (χ4v) is 4.58. The lowest BCUT2D eigenvalue weighted by atomic mass is 9.46. The molecule has 0 radical (unpaired) electrons. The lowest BCUT2D eigenvalue weighted by Gasteiger charge is -2.67. The lowest BCUT2D eigenvalue weighted by Crippen LogP contribution is -2.80. The van der Waals surface area contributed by atoms with Crippen LogP contribution >= 0.6 is 0 Å². The summed E-state index contributed by atoms with van der Waals surface area (Å²) in [6, 6.07) is 0. The van der Waals surface area contributed by atoms with Crippen LogP contribution < -0.4 is 5.73 Å². The number of fused-ring (bicyclic) bond motifs is 1. The first-order valence-corrected chi connectivity index (χ1v) is 8.08. The van der Waals surface area contributed by atoms with Gasteiger partial charge in [-0.05, 0) is 44.7 Å². The zero-order valence-corrected chi connectivity index (χ0v) is 12.8. The number of rotatable bonds is 2. The number of ether oxygens (including phenoxy) is 1. The molecular formula is C16H30N2O. The van der Waals surface area contributed by atoms with E-state index in [4.69, 9.17) is 10.5 Å². The highest BCUT2D eigenvalue weighted by Gasteiger charge is 2.66. The van der Waals surface area contributed by atoms with Gasteiger partial charge in [0.2, 0.25) is 0 Å². The molecule has 110 valence electrons. The molecule has 3 heteroatoms. The maximum atomic E-state index is 6.88. The van der Waals surface area contributed by atoms with Gasteiger partial charge in [-0.2, -0.15) is 0 Å². The molecule has 1 saturated carbocycles. The van der Waals surface area contributed by atoms with E-state index in [1.807, 2.05) is 0 Å². The molecule has 0 aromatic heterocycles. The normalized spacial score (nSPS) is 43.6. The van der Waals surface area contributed by atoms with E-state index in [9.17, 15) is 0 Å². The van der Waals surface area contributed by atoms with Crippen molar-refractivity contribution in [2.75, 3.05) is 26.2 Å². The summed E-state index contributed by atoms with van der Waals surface area (Å²) in [5.41, 5.74) is 6.96. The second-order valence-corrected chi connectivity index (χ2v) is 7.76. The van der Waals surface area contributed by atoms with Crippen molar-refractivity contribution >= 4 is 0 Å². The summed E-state index contributed by atoms with van der Waals surface area (Å²) in [5.74, 6) is 1.47. The zero-order valence-electron chi connectivity index (χ0n) is 12.8. The average molecular weight is 266 g/mol. The summed E-state index contributed by atoms with van der Waals surface area (Å²) in [4.78, 5) is 2.60. The van der Waals surface area contributed by atoms with Gasteiger partial charge in [0.05, 0.1) is 6.10 Å². The monoisotopic (exact) mass is 266 g/mol. The van der Waals surface area contributed by atoms with Gasteiger partial charge < -0.3 is 15.4 Å². The number of nitrogens with zero attached hydrogens (tertiary/aromatic N) is 1. The number of likely N-dealkylation sites (tertiary alicyclic amines) is 1. The molecular weight excluding hydrogens is 236 g/mol. The van der Waals surface area contributed by atoms with Gasteiger partial charge in [0.25, 0.3) is 0 Å². The molecule has 0 aromatic carbocycles. The van der Waals surface area contributed by atoms with E-state index in [0.29, 0.717) is 12.0 Å². The van der Waals surface area contributed by atoms with Crippen LogP contribution in [0.1, 0.15) is 46.5 Å². The molecule has 2 aliphatic heterocycles. The maximum absolute atomic E-state index is 6.88. The third-order valence-corrected chi connectivity index (χ3v) is 6.26. The Morgan fingerprint density at radius 2 is 1.89 bits per heavy atom. The summed E-state index contributed by atoms with van der Waals surface area (Å²) < 4.78 is 6.00. The molecule has 19 heavy (non-hydrogen) atoms. The van der Waals surface area contributed by atoms with Crippen LogP contribution in [0.3, 0.4) is 0 Å². The SMILES string of the molecule is CC1CCN(CC2(N)C3CCCOC3C2(C)C)CC1. The zero-order chi connectivity index (χ0) is 13.7. The Labute approximate surface area is 117 Å². The molecule has 0 spiro atoms. The Balaban J connectivity index is 1.68. The Morgan fingerprint density at radius 1 is 1.21 bits per heavy atom. The molecule has 3 rings (SSSR count). The van der Waals surface area contributed by atoms with Crippen LogP contribution in [0.25, 0.3) is 0 Å². The van der Waals surface area contributed by atoms with Crippen molar-refractivity contribution in [3.63, 3.8) is 0 Å². The molecule has 3 aliphatic rings. The predicted molar refractivity (Wildman–Crippen MR) is 78.0 cm³/mol. The highest BCUT2D eigenvalue weighted by Crippen LogP contribution is 2.57. The van der Waals surface area contributed by atoms with Crippen molar-refractivity contribution in [1.29, 1.82) is 0 Å². The van der Waals surface area contributed by atoms with Crippen LogP contribution in [0, 0.1) is 17.3 Å². The van der Waals surface area contributed by atoms with Crippen LogP contribution in [0.2, 0.25) is 0 Å². The molecule has 0 bridgehead atoms. The number of hydrogen-bond acceptors (Lipinski definition) is 3. The quantitative estimate of drug-likeness (QED) is 0.833. The minimum atomic E-state index is -0.0430. The van der Waals surface area contributed by atoms with Crippen molar-refractivity contribution in [3.05, 3.63) is 0 Å². The van der Waals surface area contributed by atoms with Crippen LogP contribution in [-0.2, 0) is 4.74 Å². The minimum Gasteiger partial charge on any atom is -0.377 e. The van der Waals surface area contributed by atoms with Crippen LogP contribution in [0.15, 0.2) is 0 Å². The summed E-state index contributed by atoms with van der Waals surface area (Å²) in [7, 11) is 0. The summed E-state index contributed by atoms with van der Waals surface area (Å²) in [6.45, 7) is 11.5. The van der Waals surface area contributed by atoms with E-state index in [0.717, 1.165) is 19.1 Å². The van der Waals surface area contributed by atoms with E-state index in [1.54, 1.807) is 0 Å². The summed E-state index contributed by atoms with van der Waals surface area (Å²) in [5, 5.41) is 0. The third kappa shape index (κ3) is 2.05. The van der Waals surface area contributed by atoms with Gasteiger partial charge in [-0.25, -0.2) is 0 Å². The fraction of sp³-hybridized carbons (Fsp3) is 1.00. The first kappa shape index (κ1) is 13.8. The second kappa shape index (κ2) is 4.71. The van der Waals surface area contributed by atoms with E-state index in [-0.39, 0.29) is 11.0 Å². The number of hydrogen-bond donors (Lipinski definition) is 1. The molecule has 3 fully saturated rings. The molecule has 2 N–H and O–H groups in total. The number of piperidine rings is 1.